The van der Waals surface area contributed by atoms with E-state index in [9.17, 15) is 4.79 Å². The van der Waals surface area contributed by atoms with E-state index in [1.54, 1.807) is 0 Å². The molecular weight excluding hydrogens is 378 g/mol. The van der Waals surface area contributed by atoms with Gasteiger partial charge in [0.15, 0.2) is 0 Å². The van der Waals surface area contributed by atoms with Gasteiger partial charge in [0.25, 0.3) is 0 Å². The fourth-order valence-electron chi connectivity index (χ4n) is 4.37. The summed E-state index contributed by atoms with van der Waals surface area (Å²) in [6.07, 6.45) is 5.16. The topological polar surface area (TPSA) is 61.8 Å². The van der Waals surface area contributed by atoms with E-state index in [-0.39, 0.29) is 5.92 Å². The highest BCUT2D eigenvalue weighted by Gasteiger charge is 2.31. The van der Waals surface area contributed by atoms with Gasteiger partial charge in [0.1, 0.15) is 0 Å². The van der Waals surface area contributed by atoms with Crippen molar-refractivity contribution in [3.8, 4) is 11.3 Å². The predicted octanol–water partition coefficient (Wildman–Crippen LogP) is 2.43. The number of ether oxygens (including phenoxy) is 1. The van der Waals surface area contributed by atoms with Crippen molar-refractivity contribution in [3.63, 3.8) is 0 Å². The highest BCUT2D eigenvalue weighted by Crippen LogP contribution is 2.29. The second-order valence-corrected chi connectivity index (χ2v) is 8.33. The Labute approximate surface area is 177 Å². The zero-order chi connectivity index (χ0) is 20.3. The van der Waals surface area contributed by atoms with Crippen LogP contribution in [-0.2, 0) is 9.53 Å². The van der Waals surface area contributed by atoms with Crippen molar-refractivity contribution in [2.75, 3.05) is 62.3 Å². The second-order valence-electron chi connectivity index (χ2n) is 8.33. The summed E-state index contributed by atoms with van der Waals surface area (Å²) in [6.45, 7) is 6.55. The number of amides is 1. The van der Waals surface area contributed by atoms with Crippen molar-refractivity contribution >= 4 is 17.5 Å². The lowest BCUT2D eigenvalue weighted by atomic mass is 9.84. The fraction of sp³-hybridized carbons (Fsp3) is 0.522. The number of rotatable bonds is 4. The highest BCUT2D eigenvalue weighted by atomic mass is 16.5. The third kappa shape index (κ3) is 3.99. The van der Waals surface area contributed by atoms with Crippen molar-refractivity contribution in [1.29, 1.82) is 0 Å². The Kier molecular flexibility index (Phi) is 5.53. The molecule has 3 heterocycles. The average molecular weight is 408 g/mol. The van der Waals surface area contributed by atoms with Crippen LogP contribution in [-0.4, -0.2) is 73.3 Å². The Hall–Kier alpha value is -2.67. The van der Waals surface area contributed by atoms with Crippen LogP contribution in [0.5, 0.6) is 0 Å². The van der Waals surface area contributed by atoms with Gasteiger partial charge in [-0.3, -0.25) is 4.79 Å². The zero-order valence-corrected chi connectivity index (χ0v) is 17.4. The number of carbonyl (C=O) groups excluding carboxylic acids is 1. The van der Waals surface area contributed by atoms with E-state index in [1.807, 2.05) is 17.2 Å². The smallest absolute Gasteiger partial charge is 0.225 e. The second kappa shape index (κ2) is 8.60. The molecular formula is C23H29N5O2. The summed E-state index contributed by atoms with van der Waals surface area (Å²) in [5, 5.41) is 0. The van der Waals surface area contributed by atoms with Gasteiger partial charge in [-0.2, -0.15) is 0 Å². The monoisotopic (exact) mass is 407 g/mol. The lowest BCUT2D eigenvalue weighted by molar-refractivity contribution is -0.138. The first-order chi connectivity index (χ1) is 14.8. The molecule has 30 heavy (non-hydrogen) atoms. The number of benzene rings is 1. The number of aromatic nitrogens is 2. The molecule has 1 aromatic heterocycles. The van der Waals surface area contributed by atoms with Crippen LogP contribution >= 0.6 is 0 Å². The molecule has 2 aromatic rings. The minimum absolute atomic E-state index is 0.275. The van der Waals surface area contributed by atoms with E-state index in [2.05, 4.69) is 39.0 Å². The lowest BCUT2D eigenvalue weighted by Gasteiger charge is -2.38. The normalized spacial score (nSPS) is 20.2. The molecule has 0 radical (unpaired) electrons. The van der Waals surface area contributed by atoms with Gasteiger partial charge >= 0.3 is 0 Å². The van der Waals surface area contributed by atoms with E-state index in [1.165, 1.54) is 12.1 Å². The molecule has 2 aliphatic heterocycles. The van der Waals surface area contributed by atoms with Gasteiger partial charge in [-0.05, 0) is 31.0 Å². The SMILES string of the molecule is O=C(C1CCC1)N1CCN(c2nccc(-c3ccc(N4CCOCC4)cc3)n2)CC1. The Bertz CT molecular complexity index is 869. The largest absolute Gasteiger partial charge is 0.378 e. The summed E-state index contributed by atoms with van der Waals surface area (Å²) in [5.74, 6) is 1.37. The molecule has 7 heteroatoms. The van der Waals surface area contributed by atoms with Gasteiger partial charge in [0.05, 0.1) is 18.9 Å². The quantitative estimate of drug-likeness (QED) is 0.776. The minimum atomic E-state index is 0.275. The lowest BCUT2D eigenvalue weighted by Crippen LogP contribution is -2.51. The first-order valence-electron chi connectivity index (χ1n) is 11.1. The van der Waals surface area contributed by atoms with Crippen LogP contribution in [0.4, 0.5) is 11.6 Å². The average Bonchev–Trinajstić information content (AvgIpc) is 2.79. The molecule has 7 nitrogen and oxygen atoms in total. The first-order valence-corrected chi connectivity index (χ1v) is 11.1. The molecule has 158 valence electrons. The number of piperazine rings is 1. The van der Waals surface area contributed by atoms with Crippen molar-refractivity contribution < 1.29 is 9.53 Å². The van der Waals surface area contributed by atoms with Gasteiger partial charge in [-0.1, -0.05) is 18.6 Å². The molecule has 1 amide bonds. The van der Waals surface area contributed by atoms with E-state index in [0.29, 0.717) is 5.91 Å². The summed E-state index contributed by atoms with van der Waals surface area (Å²) in [4.78, 5) is 28.4. The third-order valence-electron chi connectivity index (χ3n) is 6.51. The number of anilines is 2. The number of carbonyl (C=O) groups is 1. The highest BCUT2D eigenvalue weighted by molar-refractivity contribution is 5.79. The van der Waals surface area contributed by atoms with Gasteiger partial charge < -0.3 is 19.4 Å². The van der Waals surface area contributed by atoms with Crippen molar-refractivity contribution in [1.82, 2.24) is 14.9 Å². The molecule has 1 saturated carbocycles. The molecule has 1 aliphatic carbocycles. The van der Waals surface area contributed by atoms with E-state index in [4.69, 9.17) is 9.72 Å². The van der Waals surface area contributed by atoms with Crippen LogP contribution in [0, 0.1) is 5.92 Å². The third-order valence-corrected chi connectivity index (χ3v) is 6.51. The van der Waals surface area contributed by atoms with Crippen LogP contribution < -0.4 is 9.80 Å². The van der Waals surface area contributed by atoms with Gasteiger partial charge in [-0.15, -0.1) is 0 Å². The summed E-state index contributed by atoms with van der Waals surface area (Å²) < 4.78 is 5.44. The Balaban J connectivity index is 1.24. The molecule has 3 fully saturated rings. The molecule has 5 rings (SSSR count). The fourth-order valence-corrected chi connectivity index (χ4v) is 4.37. The number of hydrogen-bond acceptors (Lipinski definition) is 6. The predicted molar refractivity (Wildman–Crippen MR) is 117 cm³/mol. The molecule has 0 unspecified atom stereocenters. The molecule has 0 spiro atoms. The van der Waals surface area contributed by atoms with Crippen LogP contribution in [0.2, 0.25) is 0 Å². The molecule has 0 N–H and O–H groups in total. The summed E-state index contributed by atoms with van der Waals surface area (Å²) in [6, 6.07) is 10.5. The molecule has 0 atom stereocenters. The Morgan fingerprint density at radius 3 is 2.30 bits per heavy atom. The Morgan fingerprint density at radius 2 is 1.63 bits per heavy atom. The standard InChI is InChI=1S/C23H29N5O2/c29-22(19-2-1-3-19)27-10-12-28(13-11-27)23-24-9-8-21(25-23)18-4-6-20(7-5-18)26-14-16-30-17-15-26/h4-9,19H,1-3,10-17H2. The summed E-state index contributed by atoms with van der Waals surface area (Å²) >= 11 is 0. The van der Waals surface area contributed by atoms with Gasteiger partial charge in [0, 0.05) is 62.6 Å². The summed E-state index contributed by atoms with van der Waals surface area (Å²) in [5.41, 5.74) is 3.25. The summed E-state index contributed by atoms with van der Waals surface area (Å²) in [7, 11) is 0. The van der Waals surface area contributed by atoms with Crippen molar-refractivity contribution in [3.05, 3.63) is 36.5 Å². The number of morpholine rings is 1. The van der Waals surface area contributed by atoms with E-state index < -0.39 is 0 Å². The molecule has 1 aromatic carbocycles. The zero-order valence-electron chi connectivity index (χ0n) is 17.4. The van der Waals surface area contributed by atoms with Crippen LogP contribution in [0.1, 0.15) is 19.3 Å². The van der Waals surface area contributed by atoms with Gasteiger partial charge in [0.2, 0.25) is 11.9 Å². The molecule has 2 saturated heterocycles. The maximum Gasteiger partial charge on any atom is 0.225 e. The maximum atomic E-state index is 12.5. The van der Waals surface area contributed by atoms with Crippen molar-refractivity contribution in [2.45, 2.75) is 19.3 Å². The van der Waals surface area contributed by atoms with Crippen LogP contribution in [0.25, 0.3) is 11.3 Å². The van der Waals surface area contributed by atoms with E-state index >= 15 is 0 Å². The number of hydrogen-bond donors (Lipinski definition) is 0. The molecule has 0 bridgehead atoms. The van der Waals surface area contributed by atoms with Gasteiger partial charge in [-0.25, -0.2) is 9.97 Å². The van der Waals surface area contributed by atoms with Crippen molar-refractivity contribution in [2.24, 2.45) is 5.92 Å². The Morgan fingerprint density at radius 1 is 0.900 bits per heavy atom. The molecule has 3 aliphatic rings. The van der Waals surface area contributed by atoms with Crippen LogP contribution in [0.3, 0.4) is 0 Å². The number of nitrogens with zero attached hydrogens (tertiary/aromatic N) is 5. The minimum Gasteiger partial charge on any atom is -0.378 e. The van der Waals surface area contributed by atoms with E-state index in [0.717, 1.165) is 82.5 Å². The van der Waals surface area contributed by atoms with Crippen LogP contribution in [0.15, 0.2) is 36.5 Å². The maximum absolute atomic E-state index is 12.5. The first kappa shape index (κ1) is 19.3.